The second-order valence-electron chi connectivity index (χ2n) is 5.07. The fourth-order valence-corrected chi connectivity index (χ4v) is 2.11. The lowest BCUT2D eigenvalue weighted by atomic mass is 10.1. The molecule has 0 radical (unpaired) electrons. The minimum absolute atomic E-state index is 0.491. The second kappa shape index (κ2) is 6.94. The lowest BCUT2D eigenvalue weighted by molar-refractivity contribution is 0.301. The summed E-state index contributed by atoms with van der Waals surface area (Å²) in [5, 5.41) is 3.36. The highest BCUT2D eigenvalue weighted by atomic mass is 16.5. The number of hydrogen-bond donors (Lipinski definition) is 1. The monoisotopic (exact) mass is 270 g/mol. The Kier molecular flexibility index (Phi) is 4.99. The summed E-state index contributed by atoms with van der Waals surface area (Å²) in [6.45, 7) is 7.77. The predicted octanol–water partition coefficient (Wildman–Crippen LogP) is 4.10. The fraction of sp³-hybridized carbons (Fsp3) is 0.353. The summed E-state index contributed by atoms with van der Waals surface area (Å²) in [4.78, 5) is 4.34. The van der Waals surface area contributed by atoms with Crippen LogP contribution < -0.4 is 10.1 Å². The molecule has 0 unspecified atom stereocenters. The maximum absolute atomic E-state index is 5.82. The highest BCUT2D eigenvalue weighted by Gasteiger charge is 2.01. The first-order valence-electron chi connectivity index (χ1n) is 7.07. The average molecular weight is 270 g/mol. The van der Waals surface area contributed by atoms with Crippen LogP contribution in [0.5, 0.6) is 5.75 Å². The van der Waals surface area contributed by atoms with Gasteiger partial charge in [-0.05, 0) is 55.7 Å². The highest BCUT2D eigenvalue weighted by molar-refractivity contribution is 5.43. The predicted molar refractivity (Wildman–Crippen MR) is 83.3 cm³/mol. The Morgan fingerprint density at radius 3 is 2.55 bits per heavy atom. The topological polar surface area (TPSA) is 34.2 Å². The zero-order valence-corrected chi connectivity index (χ0v) is 12.4. The van der Waals surface area contributed by atoms with Crippen LogP contribution >= 0.6 is 0 Å². The van der Waals surface area contributed by atoms with Crippen molar-refractivity contribution < 1.29 is 4.74 Å². The van der Waals surface area contributed by atoms with E-state index >= 15 is 0 Å². The van der Waals surface area contributed by atoms with Crippen LogP contribution in [0, 0.1) is 13.8 Å². The molecule has 0 saturated carbocycles. The van der Waals surface area contributed by atoms with Gasteiger partial charge >= 0.3 is 0 Å². The van der Waals surface area contributed by atoms with Crippen molar-refractivity contribution in [2.45, 2.75) is 33.8 Å². The van der Waals surface area contributed by atoms with Crippen molar-refractivity contribution in [3.8, 4) is 5.75 Å². The molecule has 1 aromatic heterocycles. The van der Waals surface area contributed by atoms with Crippen LogP contribution in [0.2, 0.25) is 0 Å². The van der Waals surface area contributed by atoms with Crippen molar-refractivity contribution >= 4 is 5.69 Å². The Morgan fingerprint density at radius 1 is 1.10 bits per heavy atom. The van der Waals surface area contributed by atoms with Gasteiger partial charge in [0.05, 0.1) is 5.69 Å². The summed E-state index contributed by atoms with van der Waals surface area (Å²) in [5.41, 5.74) is 4.46. The standard InChI is InChI=1S/C17H22N2O/c1-4-6-18-15-5-7-19-16(11-15)12-20-17-9-13(2)8-14(3)10-17/h5,7-11H,4,6,12H2,1-3H3,(H,18,19). The van der Waals surface area contributed by atoms with Gasteiger partial charge in [0.1, 0.15) is 12.4 Å². The van der Waals surface area contributed by atoms with Gasteiger partial charge in [-0.2, -0.15) is 0 Å². The van der Waals surface area contributed by atoms with Crippen molar-refractivity contribution in [2.24, 2.45) is 0 Å². The molecule has 0 spiro atoms. The van der Waals surface area contributed by atoms with Gasteiger partial charge in [0.2, 0.25) is 0 Å². The Bertz CT molecular complexity index is 546. The number of hydrogen-bond acceptors (Lipinski definition) is 3. The Hall–Kier alpha value is -2.03. The number of anilines is 1. The molecule has 1 N–H and O–H groups in total. The molecule has 0 fully saturated rings. The van der Waals surface area contributed by atoms with E-state index in [1.807, 2.05) is 30.5 Å². The molecule has 3 heteroatoms. The van der Waals surface area contributed by atoms with Crippen molar-refractivity contribution in [2.75, 3.05) is 11.9 Å². The maximum Gasteiger partial charge on any atom is 0.130 e. The van der Waals surface area contributed by atoms with Crippen molar-refractivity contribution in [1.82, 2.24) is 4.98 Å². The molecule has 0 amide bonds. The summed E-state index contributed by atoms with van der Waals surface area (Å²) in [6.07, 6.45) is 2.93. The van der Waals surface area contributed by atoms with Crippen LogP contribution in [-0.4, -0.2) is 11.5 Å². The minimum atomic E-state index is 0.491. The van der Waals surface area contributed by atoms with Crippen LogP contribution in [-0.2, 0) is 6.61 Å². The van der Waals surface area contributed by atoms with Gasteiger partial charge in [-0.1, -0.05) is 13.0 Å². The van der Waals surface area contributed by atoms with E-state index in [1.165, 1.54) is 11.1 Å². The molecule has 0 atom stereocenters. The SMILES string of the molecule is CCCNc1ccnc(COc2cc(C)cc(C)c2)c1. The van der Waals surface area contributed by atoms with Crippen molar-refractivity contribution in [3.05, 3.63) is 53.3 Å². The van der Waals surface area contributed by atoms with Crippen molar-refractivity contribution in [1.29, 1.82) is 0 Å². The van der Waals surface area contributed by atoms with Crippen molar-refractivity contribution in [3.63, 3.8) is 0 Å². The number of benzene rings is 1. The van der Waals surface area contributed by atoms with Gasteiger partial charge in [0.15, 0.2) is 0 Å². The third-order valence-corrected chi connectivity index (χ3v) is 2.98. The van der Waals surface area contributed by atoms with E-state index in [-0.39, 0.29) is 0 Å². The number of nitrogens with zero attached hydrogens (tertiary/aromatic N) is 1. The molecular weight excluding hydrogens is 248 g/mol. The van der Waals surface area contributed by atoms with E-state index in [0.29, 0.717) is 6.61 Å². The molecule has 0 bridgehead atoms. The van der Waals surface area contributed by atoms with E-state index in [1.54, 1.807) is 0 Å². The lowest BCUT2D eigenvalue weighted by Gasteiger charge is -2.09. The number of aromatic nitrogens is 1. The van der Waals surface area contributed by atoms with E-state index in [0.717, 1.165) is 30.1 Å². The van der Waals surface area contributed by atoms with Gasteiger partial charge in [-0.25, -0.2) is 0 Å². The molecule has 0 aliphatic heterocycles. The molecule has 2 aromatic rings. The largest absolute Gasteiger partial charge is 0.487 e. The molecule has 1 heterocycles. The van der Waals surface area contributed by atoms with Crippen LogP contribution in [0.3, 0.4) is 0 Å². The Morgan fingerprint density at radius 2 is 1.85 bits per heavy atom. The molecular formula is C17H22N2O. The number of ether oxygens (including phenoxy) is 1. The van der Waals surface area contributed by atoms with Crippen LogP contribution in [0.15, 0.2) is 36.5 Å². The summed E-state index contributed by atoms with van der Waals surface area (Å²) < 4.78 is 5.82. The quantitative estimate of drug-likeness (QED) is 0.858. The van der Waals surface area contributed by atoms with Gasteiger partial charge in [0.25, 0.3) is 0 Å². The second-order valence-corrected chi connectivity index (χ2v) is 5.07. The summed E-state index contributed by atoms with van der Waals surface area (Å²) in [6, 6.07) is 10.3. The van der Waals surface area contributed by atoms with Crippen LogP contribution in [0.1, 0.15) is 30.2 Å². The number of pyridine rings is 1. The normalized spacial score (nSPS) is 10.3. The maximum atomic E-state index is 5.82. The van der Waals surface area contributed by atoms with Crippen LogP contribution in [0.25, 0.3) is 0 Å². The highest BCUT2D eigenvalue weighted by Crippen LogP contribution is 2.18. The van der Waals surface area contributed by atoms with Gasteiger partial charge in [-0.15, -0.1) is 0 Å². The summed E-state index contributed by atoms with van der Waals surface area (Å²) >= 11 is 0. The molecule has 0 aliphatic carbocycles. The summed E-state index contributed by atoms with van der Waals surface area (Å²) in [5.74, 6) is 0.899. The van der Waals surface area contributed by atoms with E-state index in [9.17, 15) is 0 Å². The summed E-state index contributed by atoms with van der Waals surface area (Å²) in [7, 11) is 0. The lowest BCUT2D eigenvalue weighted by Crippen LogP contribution is -2.03. The molecule has 1 aromatic carbocycles. The Balaban J connectivity index is 1.99. The average Bonchev–Trinajstić information content (AvgIpc) is 2.42. The zero-order chi connectivity index (χ0) is 14.4. The first-order valence-corrected chi connectivity index (χ1v) is 7.07. The molecule has 0 aliphatic rings. The molecule has 3 nitrogen and oxygen atoms in total. The zero-order valence-electron chi connectivity index (χ0n) is 12.4. The van der Waals surface area contributed by atoms with Gasteiger partial charge in [-0.3, -0.25) is 4.98 Å². The minimum Gasteiger partial charge on any atom is -0.487 e. The van der Waals surface area contributed by atoms with Crippen LogP contribution in [0.4, 0.5) is 5.69 Å². The van der Waals surface area contributed by atoms with E-state index in [2.05, 4.69) is 37.1 Å². The third-order valence-electron chi connectivity index (χ3n) is 2.98. The smallest absolute Gasteiger partial charge is 0.130 e. The van der Waals surface area contributed by atoms with E-state index < -0.39 is 0 Å². The molecule has 106 valence electrons. The van der Waals surface area contributed by atoms with E-state index in [4.69, 9.17) is 4.74 Å². The number of aryl methyl sites for hydroxylation is 2. The molecule has 2 rings (SSSR count). The molecule has 0 saturated heterocycles. The van der Waals surface area contributed by atoms with Gasteiger partial charge < -0.3 is 10.1 Å². The first kappa shape index (κ1) is 14.4. The first-order chi connectivity index (χ1) is 9.67. The fourth-order valence-electron chi connectivity index (χ4n) is 2.11. The molecule has 20 heavy (non-hydrogen) atoms. The Labute approximate surface area is 121 Å². The number of rotatable bonds is 6. The number of nitrogens with one attached hydrogen (secondary N) is 1. The van der Waals surface area contributed by atoms with Gasteiger partial charge in [0, 0.05) is 18.4 Å². The third kappa shape index (κ3) is 4.26.